The van der Waals surface area contributed by atoms with Gasteiger partial charge in [-0.15, -0.1) is 0 Å². The van der Waals surface area contributed by atoms with Crippen molar-refractivity contribution in [2.75, 3.05) is 6.61 Å². The normalized spacial score (nSPS) is 9.38. The van der Waals surface area contributed by atoms with E-state index in [9.17, 15) is 4.79 Å². The summed E-state index contributed by atoms with van der Waals surface area (Å²) < 4.78 is 6.34. The molecule has 1 aromatic rings. The predicted molar refractivity (Wildman–Crippen MR) is 66.3 cm³/mol. The first-order valence-corrected chi connectivity index (χ1v) is 5.52. The number of hydrogen-bond acceptors (Lipinski definition) is 3. The third-order valence-corrected chi connectivity index (χ3v) is 2.42. The molecule has 0 aliphatic rings. The van der Waals surface area contributed by atoms with Crippen LogP contribution in [-0.2, 0) is 11.3 Å². The molecule has 0 amide bonds. The molecule has 0 aliphatic heterocycles. The van der Waals surface area contributed by atoms with Gasteiger partial charge in [0.15, 0.2) is 0 Å². The molecule has 0 bridgehead atoms. The minimum atomic E-state index is 0.336. The Labute approximate surface area is 103 Å². The number of aliphatic imine (C=N–C) groups is 1. The maximum atomic E-state index is 9.97. The average molecular weight is 282 g/mol. The van der Waals surface area contributed by atoms with Gasteiger partial charge in [-0.05, 0) is 46.1 Å². The number of hydrogen-bond donors (Lipinski definition) is 0. The zero-order chi connectivity index (χ0) is 12.0. The molecule has 1 aromatic carbocycles. The molecule has 0 spiro atoms. The lowest BCUT2D eigenvalue weighted by Crippen LogP contribution is -1.98. The molecule has 0 fully saturated rings. The molecule has 0 atom stereocenters. The molecular formula is C12H12BrNO2. The van der Waals surface area contributed by atoms with E-state index < -0.39 is 0 Å². The van der Waals surface area contributed by atoms with E-state index in [1.54, 1.807) is 0 Å². The van der Waals surface area contributed by atoms with Gasteiger partial charge in [0.05, 0.1) is 11.0 Å². The van der Waals surface area contributed by atoms with E-state index in [0.29, 0.717) is 13.2 Å². The third kappa shape index (κ3) is 4.01. The van der Waals surface area contributed by atoms with E-state index >= 15 is 0 Å². The van der Waals surface area contributed by atoms with Gasteiger partial charge in [0, 0.05) is 0 Å². The van der Waals surface area contributed by atoms with Gasteiger partial charge in [0.1, 0.15) is 12.4 Å². The Balaban J connectivity index is 2.74. The van der Waals surface area contributed by atoms with Crippen molar-refractivity contribution in [2.45, 2.75) is 13.5 Å². The topological polar surface area (TPSA) is 38.7 Å². The second-order valence-electron chi connectivity index (χ2n) is 3.42. The van der Waals surface area contributed by atoms with Crippen molar-refractivity contribution in [3.63, 3.8) is 0 Å². The molecule has 0 aromatic heterocycles. The first kappa shape index (κ1) is 12.7. The first-order valence-electron chi connectivity index (χ1n) is 4.72. The van der Waals surface area contributed by atoms with Crippen LogP contribution in [0.4, 0.5) is 0 Å². The second kappa shape index (κ2) is 6.26. The second-order valence-corrected chi connectivity index (χ2v) is 4.27. The minimum Gasteiger partial charge on any atom is -0.488 e. The highest BCUT2D eigenvalue weighted by Crippen LogP contribution is 2.26. The van der Waals surface area contributed by atoms with Crippen LogP contribution in [0.2, 0.25) is 0 Å². The van der Waals surface area contributed by atoms with Crippen molar-refractivity contribution in [1.29, 1.82) is 0 Å². The van der Waals surface area contributed by atoms with Crippen molar-refractivity contribution < 1.29 is 9.53 Å². The zero-order valence-corrected chi connectivity index (χ0v) is 10.6. The number of nitrogens with zero attached hydrogens (tertiary/aromatic N) is 1. The average Bonchev–Trinajstić information content (AvgIpc) is 2.24. The third-order valence-electron chi connectivity index (χ3n) is 1.80. The lowest BCUT2D eigenvalue weighted by atomic mass is 10.2. The lowest BCUT2D eigenvalue weighted by Gasteiger charge is -2.08. The highest BCUT2D eigenvalue weighted by molar-refractivity contribution is 9.10. The quantitative estimate of drug-likeness (QED) is 0.472. The van der Waals surface area contributed by atoms with E-state index in [1.165, 1.54) is 6.08 Å². The molecule has 1 rings (SSSR count). The monoisotopic (exact) mass is 281 g/mol. The molecule has 0 N–H and O–H groups in total. The highest BCUT2D eigenvalue weighted by Gasteiger charge is 2.02. The van der Waals surface area contributed by atoms with E-state index in [1.807, 2.05) is 25.1 Å². The summed E-state index contributed by atoms with van der Waals surface area (Å²) in [4.78, 5) is 13.5. The summed E-state index contributed by atoms with van der Waals surface area (Å²) in [5.41, 5.74) is 1.89. The number of halogens is 1. The summed E-state index contributed by atoms with van der Waals surface area (Å²) in [6.45, 7) is 6.49. The van der Waals surface area contributed by atoms with Crippen LogP contribution >= 0.6 is 15.9 Å². The van der Waals surface area contributed by atoms with Gasteiger partial charge in [-0.25, -0.2) is 9.79 Å². The van der Waals surface area contributed by atoms with Crippen LogP contribution in [0, 0.1) is 0 Å². The molecule has 0 aliphatic carbocycles. The van der Waals surface area contributed by atoms with Crippen molar-refractivity contribution in [3.05, 3.63) is 40.4 Å². The molecule has 84 valence electrons. The van der Waals surface area contributed by atoms with Gasteiger partial charge in [-0.3, -0.25) is 0 Å². The number of ether oxygens (including phenoxy) is 1. The van der Waals surface area contributed by atoms with Crippen LogP contribution in [-0.4, -0.2) is 12.7 Å². The largest absolute Gasteiger partial charge is 0.488 e. The van der Waals surface area contributed by atoms with Gasteiger partial charge >= 0.3 is 0 Å². The van der Waals surface area contributed by atoms with Crippen molar-refractivity contribution in [3.8, 4) is 5.75 Å². The van der Waals surface area contributed by atoms with E-state index in [2.05, 4.69) is 27.5 Å². The maximum absolute atomic E-state index is 9.97. The summed E-state index contributed by atoms with van der Waals surface area (Å²) in [7, 11) is 0. The van der Waals surface area contributed by atoms with Gasteiger partial charge in [0.25, 0.3) is 0 Å². The summed E-state index contributed by atoms with van der Waals surface area (Å²) >= 11 is 3.39. The van der Waals surface area contributed by atoms with Crippen molar-refractivity contribution in [2.24, 2.45) is 4.99 Å². The minimum absolute atomic E-state index is 0.336. The Morgan fingerprint density at radius 3 is 2.94 bits per heavy atom. The van der Waals surface area contributed by atoms with Crippen LogP contribution in [0.1, 0.15) is 12.5 Å². The molecule has 0 saturated carbocycles. The molecule has 16 heavy (non-hydrogen) atoms. The Morgan fingerprint density at radius 2 is 2.38 bits per heavy atom. The van der Waals surface area contributed by atoms with Crippen molar-refractivity contribution in [1.82, 2.24) is 0 Å². The van der Waals surface area contributed by atoms with E-state index in [-0.39, 0.29) is 0 Å². The summed E-state index contributed by atoms with van der Waals surface area (Å²) in [6, 6.07) is 5.57. The van der Waals surface area contributed by atoms with Gasteiger partial charge < -0.3 is 4.74 Å². The fraction of sp³-hybridized carbons (Fsp3) is 0.250. The van der Waals surface area contributed by atoms with Crippen LogP contribution in [0.15, 0.2) is 39.8 Å². The Kier molecular flexibility index (Phi) is 4.96. The smallest absolute Gasteiger partial charge is 0.235 e. The Hall–Kier alpha value is -1.38. The van der Waals surface area contributed by atoms with Gasteiger partial charge in [0.2, 0.25) is 6.08 Å². The van der Waals surface area contributed by atoms with Crippen LogP contribution in [0.3, 0.4) is 0 Å². The molecule has 0 heterocycles. The Morgan fingerprint density at radius 1 is 1.62 bits per heavy atom. The van der Waals surface area contributed by atoms with E-state index in [0.717, 1.165) is 21.4 Å². The fourth-order valence-electron chi connectivity index (χ4n) is 1.08. The SMILES string of the molecule is C=C(C)COc1ccc(CN=C=O)cc1Br. The number of carbonyl (C=O) groups excluding carboxylic acids is 1. The molecule has 0 unspecified atom stereocenters. The van der Waals surface area contributed by atoms with Gasteiger partial charge in [-0.2, -0.15) is 0 Å². The predicted octanol–water partition coefficient (Wildman–Crippen LogP) is 3.24. The number of benzene rings is 1. The molecule has 0 radical (unpaired) electrons. The summed E-state index contributed by atoms with van der Waals surface area (Å²) in [5.74, 6) is 0.752. The molecule has 3 nitrogen and oxygen atoms in total. The van der Waals surface area contributed by atoms with E-state index in [4.69, 9.17) is 4.74 Å². The van der Waals surface area contributed by atoms with Gasteiger partial charge in [-0.1, -0.05) is 12.6 Å². The Bertz CT molecular complexity index is 437. The zero-order valence-electron chi connectivity index (χ0n) is 9.00. The standard InChI is InChI=1S/C12H12BrNO2/c1-9(2)7-16-12-4-3-10(5-11(12)13)6-14-8-15/h3-5H,1,6-7H2,2H3. The fourth-order valence-corrected chi connectivity index (χ4v) is 1.62. The summed E-state index contributed by atoms with van der Waals surface area (Å²) in [6.07, 6.45) is 1.51. The highest BCUT2D eigenvalue weighted by atomic mass is 79.9. The first-order chi connectivity index (χ1) is 7.63. The maximum Gasteiger partial charge on any atom is 0.235 e. The summed E-state index contributed by atoms with van der Waals surface area (Å²) in [5, 5.41) is 0. The van der Waals surface area contributed by atoms with Crippen LogP contribution in [0.25, 0.3) is 0 Å². The lowest BCUT2D eigenvalue weighted by molar-refractivity contribution is 0.350. The molecule has 4 heteroatoms. The number of isocyanates is 1. The molecule has 0 saturated heterocycles. The molecular weight excluding hydrogens is 270 g/mol. The number of rotatable bonds is 5. The van der Waals surface area contributed by atoms with Crippen LogP contribution in [0.5, 0.6) is 5.75 Å². The van der Waals surface area contributed by atoms with Crippen LogP contribution < -0.4 is 4.74 Å². The van der Waals surface area contributed by atoms with Crippen molar-refractivity contribution >= 4 is 22.0 Å².